The van der Waals surface area contributed by atoms with Gasteiger partial charge in [-0.2, -0.15) is 0 Å². The van der Waals surface area contributed by atoms with Crippen LogP contribution >= 0.6 is 0 Å². The maximum Gasteiger partial charge on any atom is 0.161 e. The molecule has 0 radical (unpaired) electrons. The topological polar surface area (TPSA) is 70.6 Å². The number of rotatable bonds is 3. The number of halogens is 2. The van der Waals surface area contributed by atoms with Gasteiger partial charge in [-0.15, -0.1) is 0 Å². The van der Waals surface area contributed by atoms with Gasteiger partial charge in [0.1, 0.15) is 17.3 Å². The molecule has 0 spiro atoms. The number of amidine groups is 1. The first-order valence-electron chi connectivity index (χ1n) is 4.24. The zero-order chi connectivity index (χ0) is 11.4. The van der Waals surface area contributed by atoms with Crippen molar-refractivity contribution >= 4 is 11.5 Å². The summed E-state index contributed by atoms with van der Waals surface area (Å²) in [5.41, 5.74) is 4.96. The number of nitrogens with one attached hydrogen (secondary N) is 1. The van der Waals surface area contributed by atoms with Gasteiger partial charge >= 0.3 is 0 Å². The molecule has 0 saturated heterocycles. The van der Waals surface area contributed by atoms with E-state index in [1.165, 1.54) is 13.0 Å². The maximum absolute atomic E-state index is 13.1. The van der Waals surface area contributed by atoms with Gasteiger partial charge < -0.3 is 16.3 Å². The standard InChI is InChI=1S/C9H11F2N3O/c1-5(9(12)14-15)13-8-6(10)3-2-4-7(8)11/h2-5,13,15H,1H3,(H2,12,14). The number of hydrogen-bond donors (Lipinski definition) is 3. The highest BCUT2D eigenvalue weighted by Crippen LogP contribution is 2.18. The van der Waals surface area contributed by atoms with Crippen LogP contribution < -0.4 is 11.1 Å². The second kappa shape index (κ2) is 4.59. The molecule has 4 nitrogen and oxygen atoms in total. The van der Waals surface area contributed by atoms with E-state index in [-0.39, 0.29) is 11.5 Å². The number of nitrogens with zero attached hydrogens (tertiary/aromatic N) is 1. The third-order valence-electron chi connectivity index (χ3n) is 1.88. The molecule has 1 atom stereocenters. The van der Waals surface area contributed by atoms with Gasteiger partial charge in [-0.25, -0.2) is 8.78 Å². The Morgan fingerprint density at radius 3 is 2.47 bits per heavy atom. The predicted octanol–water partition coefficient (Wildman–Crippen LogP) is 1.51. The Labute approximate surface area is 85.4 Å². The lowest BCUT2D eigenvalue weighted by Crippen LogP contribution is -2.33. The summed E-state index contributed by atoms with van der Waals surface area (Å²) < 4.78 is 26.3. The number of nitrogens with two attached hydrogens (primary N) is 1. The fraction of sp³-hybridized carbons (Fsp3) is 0.222. The lowest BCUT2D eigenvalue weighted by Gasteiger charge is -2.14. The van der Waals surface area contributed by atoms with E-state index in [0.717, 1.165) is 12.1 Å². The number of para-hydroxylation sites is 1. The van der Waals surface area contributed by atoms with Gasteiger partial charge in [0.15, 0.2) is 5.84 Å². The van der Waals surface area contributed by atoms with Crippen LogP contribution in [0, 0.1) is 11.6 Å². The molecule has 4 N–H and O–H groups in total. The van der Waals surface area contributed by atoms with Crippen LogP contribution in [0.25, 0.3) is 0 Å². The summed E-state index contributed by atoms with van der Waals surface area (Å²) in [4.78, 5) is 0. The second-order valence-corrected chi connectivity index (χ2v) is 2.99. The first kappa shape index (κ1) is 11.2. The Kier molecular flexibility index (Phi) is 3.43. The summed E-state index contributed by atoms with van der Waals surface area (Å²) in [6, 6.07) is 2.82. The van der Waals surface area contributed by atoms with Crippen LogP contribution in [0.1, 0.15) is 6.92 Å². The Hall–Kier alpha value is -1.85. The molecule has 0 fully saturated rings. The van der Waals surface area contributed by atoms with E-state index in [1.54, 1.807) is 0 Å². The number of oxime groups is 1. The molecule has 15 heavy (non-hydrogen) atoms. The van der Waals surface area contributed by atoms with E-state index >= 15 is 0 Å². The van der Waals surface area contributed by atoms with Crippen LogP contribution in [0.5, 0.6) is 0 Å². The van der Waals surface area contributed by atoms with Crippen molar-refractivity contribution in [3.63, 3.8) is 0 Å². The van der Waals surface area contributed by atoms with Gasteiger partial charge in [0.2, 0.25) is 0 Å². The highest BCUT2D eigenvalue weighted by atomic mass is 19.1. The molecule has 0 aromatic heterocycles. The average Bonchev–Trinajstić information content (AvgIpc) is 2.22. The average molecular weight is 215 g/mol. The Balaban J connectivity index is 2.90. The van der Waals surface area contributed by atoms with Crippen molar-refractivity contribution in [2.45, 2.75) is 13.0 Å². The first-order chi connectivity index (χ1) is 7.06. The van der Waals surface area contributed by atoms with Gasteiger partial charge in [-0.1, -0.05) is 11.2 Å². The van der Waals surface area contributed by atoms with Crippen LogP contribution in [-0.2, 0) is 0 Å². The molecule has 0 bridgehead atoms. The van der Waals surface area contributed by atoms with Crippen molar-refractivity contribution < 1.29 is 14.0 Å². The first-order valence-corrected chi connectivity index (χ1v) is 4.24. The number of anilines is 1. The zero-order valence-corrected chi connectivity index (χ0v) is 8.04. The van der Waals surface area contributed by atoms with Crippen LogP contribution in [0.2, 0.25) is 0 Å². The fourth-order valence-corrected chi connectivity index (χ4v) is 1.01. The van der Waals surface area contributed by atoms with E-state index in [4.69, 9.17) is 10.9 Å². The van der Waals surface area contributed by atoms with Crippen molar-refractivity contribution in [1.29, 1.82) is 0 Å². The summed E-state index contributed by atoms with van der Waals surface area (Å²) in [5.74, 6) is -1.61. The highest BCUT2D eigenvalue weighted by Gasteiger charge is 2.13. The van der Waals surface area contributed by atoms with Crippen LogP contribution in [0.4, 0.5) is 14.5 Å². The molecule has 0 aliphatic rings. The second-order valence-electron chi connectivity index (χ2n) is 2.99. The minimum absolute atomic E-state index is 0.155. The monoisotopic (exact) mass is 215 g/mol. The van der Waals surface area contributed by atoms with Gasteiger partial charge in [-0.3, -0.25) is 0 Å². The summed E-state index contributed by atoms with van der Waals surface area (Å²) in [6.07, 6.45) is 0. The molecular formula is C9H11F2N3O. The Bertz CT molecular complexity index is 361. The summed E-state index contributed by atoms with van der Waals surface area (Å²) >= 11 is 0. The molecule has 0 saturated carbocycles. The van der Waals surface area contributed by atoms with Crippen molar-refractivity contribution in [1.82, 2.24) is 0 Å². The molecule has 0 aliphatic carbocycles. The van der Waals surface area contributed by atoms with Crippen LogP contribution in [-0.4, -0.2) is 17.1 Å². The van der Waals surface area contributed by atoms with Gasteiger partial charge in [0.05, 0.1) is 6.04 Å². The molecule has 82 valence electrons. The summed E-state index contributed by atoms with van der Waals surface area (Å²) in [6.45, 7) is 1.51. The van der Waals surface area contributed by atoms with Gasteiger partial charge in [0.25, 0.3) is 0 Å². The lowest BCUT2D eigenvalue weighted by molar-refractivity contribution is 0.316. The van der Waals surface area contributed by atoms with Crippen molar-refractivity contribution in [3.05, 3.63) is 29.8 Å². The molecule has 1 aromatic rings. The Morgan fingerprint density at radius 2 is 2.00 bits per heavy atom. The van der Waals surface area contributed by atoms with Crippen LogP contribution in [0.3, 0.4) is 0 Å². The van der Waals surface area contributed by atoms with E-state index in [0.29, 0.717) is 0 Å². The molecule has 0 amide bonds. The van der Waals surface area contributed by atoms with Crippen LogP contribution in [0.15, 0.2) is 23.4 Å². The number of benzene rings is 1. The summed E-state index contributed by atoms with van der Waals surface area (Å²) in [7, 11) is 0. The lowest BCUT2D eigenvalue weighted by atomic mass is 10.2. The maximum atomic E-state index is 13.1. The third-order valence-corrected chi connectivity index (χ3v) is 1.88. The molecule has 0 heterocycles. The zero-order valence-electron chi connectivity index (χ0n) is 8.04. The molecule has 1 aromatic carbocycles. The SMILES string of the molecule is CC(Nc1c(F)cccc1F)C(N)=NO. The minimum atomic E-state index is -0.729. The minimum Gasteiger partial charge on any atom is -0.409 e. The quantitative estimate of drug-likeness (QED) is 0.310. The van der Waals surface area contributed by atoms with Crippen molar-refractivity contribution in [3.8, 4) is 0 Å². The van der Waals surface area contributed by atoms with Crippen molar-refractivity contribution in [2.75, 3.05) is 5.32 Å². The largest absolute Gasteiger partial charge is 0.409 e. The normalized spacial score (nSPS) is 13.7. The van der Waals surface area contributed by atoms with E-state index < -0.39 is 17.7 Å². The van der Waals surface area contributed by atoms with Gasteiger partial charge in [-0.05, 0) is 19.1 Å². The predicted molar refractivity (Wildman–Crippen MR) is 52.9 cm³/mol. The smallest absolute Gasteiger partial charge is 0.161 e. The highest BCUT2D eigenvalue weighted by molar-refractivity contribution is 5.87. The van der Waals surface area contributed by atoms with Crippen molar-refractivity contribution in [2.24, 2.45) is 10.9 Å². The fourth-order valence-electron chi connectivity index (χ4n) is 1.01. The van der Waals surface area contributed by atoms with E-state index in [1.807, 2.05) is 0 Å². The molecule has 1 unspecified atom stereocenters. The number of hydrogen-bond acceptors (Lipinski definition) is 3. The molecule has 0 aliphatic heterocycles. The van der Waals surface area contributed by atoms with Gasteiger partial charge in [0, 0.05) is 0 Å². The Morgan fingerprint density at radius 1 is 1.47 bits per heavy atom. The molecule has 6 heteroatoms. The van der Waals surface area contributed by atoms with E-state index in [2.05, 4.69) is 10.5 Å². The molecular weight excluding hydrogens is 204 g/mol. The third kappa shape index (κ3) is 2.55. The van der Waals surface area contributed by atoms with E-state index in [9.17, 15) is 8.78 Å². The molecule has 1 rings (SSSR count). The summed E-state index contributed by atoms with van der Waals surface area (Å²) in [5, 5.41) is 13.6.